The average Bonchev–Trinajstić information content (AvgIpc) is 0.810. The molecule has 0 aliphatic carbocycles. The van der Waals surface area contributed by atoms with E-state index in [1.807, 2.05) is 12.1 Å². The molecular weight excluding hydrogens is 1770 g/mol. The van der Waals surface area contributed by atoms with Gasteiger partial charge in [0.2, 0.25) is 41.4 Å². The van der Waals surface area contributed by atoms with Crippen LogP contribution in [0.25, 0.3) is 0 Å². The van der Waals surface area contributed by atoms with Gasteiger partial charge in [-0.3, -0.25) is 91.1 Å². The third-order valence-electron chi connectivity index (χ3n) is 23.8. The van der Waals surface area contributed by atoms with E-state index in [1.165, 1.54) is 48.5 Å². The number of aromatic hydroxyl groups is 2. The Morgan fingerprint density at radius 1 is 0.437 bits per heavy atom. The number of aliphatic carboxylic acids is 3. The summed E-state index contributed by atoms with van der Waals surface area (Å²) in [6, 6.07) is 17.8. The number of Topliss-reactive ketones (excluding diaryl/α,β-unsaturated/α-hetero) is 8. The Labute approximate surface area is 789 Å². The van der Waals surface area contributed by atoms with Crippen LogP contribution in [0.3, 0.4) is 0 Å². The molecule has 18 N–H and O–H groups in total. The van der Waals surface area contributed by atoms with Gasteiger partial charge in [-0.05, 0) is 150 Å². The van der Waals surface area contributed by atoms with E-state index in [4.69, 9.17) is 5.73 Å². The van der Waals surface area contributed by atoms with Crippen molar-refractivity contribution >= 4 is 123 Å². The summed E-state index contributed by atoms with van der Waals surface area (Å²) in [6.45, 7) is 9.05. The van der Waals surface area contributed by atoms with Crippen molar-refractivity contribution in [1.82, 2.24) is 42.1 Å². The van der Waals surface area contributed by atoms with Gasteiger partial charge in [0.25, 0.3) is 5.91 Å². The van der Waals surface area contributed by atoms with Gasteiger partial charge in [0.15, 0.2) is 34.7 Å². The number of carbonyl (C=O) groups excluding carboxylic acids is 16. The van der Waals surface area contributed by atoms with Gasteiger partial charge in [-0.2, -0.15) is 0 Å². The second kappa shape index (κ2) is 58.4. The van der Waals surface area contributed by atoms with Crippen LogP contribution in [0.2, 0.25) is 0 Å². The fraction of sp³-hybridized carbons (Fsp3) is 0.557. The number of thioether (sulfide) groups is 1. The molecule has 1 aliphatic rings. The number of phenolic OH excluding ortho intramolecular Hbond substituents is 2. The monoisotopic (exact) mass is 1900 g/mol. The summed E-state index contributed by atoms with van der Waals surface area (Å²) in [7, 11) is 0. The summed E-state index contributed by atoms with van der Waals surface area (Å²) in [5.41, 5.74) is 8.35. The minimum absolute atomic E-state index is 0.0251. The van der Waals surface area contributed by atoms with E-state index in [0.717, 1.165) is 31.2 Å². The number of phenols is 2. The number of nitrogens with two attached hydrogens (primary N) is 1. The third-order valence-corrected chi connectivity index (χ3v) is 24.8. The summed E-state index contributed by atoms with van der Waals surface area (Å²) < 4.78 is 0. The highest BCUT2D eigenvalue weighted by atomic mass is 32.2. The van der Waals surface area contributed by atoms with Gasteiger partial charge in [-0.15, -0.1) is 11.8 Å². The van der Waals surface area contributed by atoms with Crippen LogP contribution in [0.1, 0.15) is 197 Å². The van der Waals surface area contributed by atoms with Gasteiger partial charge in [-0.1, -0.05) is 113 Å². The summed E-state index contributed by atoms with van der Waals surface area (Å²) in [5.74, 6) is -29.9. The zero-order chi connectivity index (χ0) is 100. The summed E-state index contributed by atoms with van der Waals surface area (Å²) >= 11 is 1.000. The minimum Gasteiger partial charge on any atom is -0.508 e. The van der Waals surface area contributed by atoms with E-state index in [1.54, 1.807) is 82.0 Å². The molecule has 37 nitrogen and oxygen atoms in total. The molecular formula is C97H133N9O28S. The highest BCUT2D eigenvalue weighted by Gasteiger charge is 2.41. The van der Waals surface area contributed by atoms with Gasteiger partial charge >= 0.3 is 17.9 Å². The molecule has 16 atom stereocenters. The number of carbonyl (C=O) groups is 19. The number of benzene rings is 4. The van der Waals surface area contributed by atoms with Crippen LogP contribution in [-0.4, -0.2) is 262 Å². The van der Waals surface area contributed by atoms with Crippen molar-refractivity contribution in [1.29, 1.82) is 0 Å². The first-order chi connectivity index (χ1) is 63.9. The number of hydrogen-bond donors (Lipinski definition) is 17. The number of aliphatic hydroxyl groups excluding tert-OH is 4. The maximum Gasteiger partial charge on any atom is 0.304 e. The summed E-state index contributed by atoms with van der Waals surface area (Å²) in [6.07, 6.45) is -8.90. The number of unbranched alkanes of at least 4 members (excludes halogenated alkanes) is 1. The fourth-order valence-electron chi connectivity index (χ4n) is 15.7. The van der Waals surface area contributed by atoms with Crippen LogP contribution in [0.15, 0.2) is 103 Å². The van der Waals surface area contributed by atoms with E-state index in [2.05, 4.69) is 37.2 Å². The highest BCUT2D eigenvalue weighted by Crippen LogP contribution is 2.28. The number of nitrogens with zero attached hydrogens (tertiary/aromatic N) is 1. The predicted octanol–water partition coefficient (Wildman–Crippen LogP) is 3.76. The van der Waals surface area contributed by atoms with Crippen LogP contribution in [-0.2, 0) is 112 Å². The number of rotatable bonds is 67. The maximum atomic E-state index is 14.9. The molecule has 740 valence electrons. The van der Waals surface area contributed by atoms with E-state index >= 15 is 0 Å². The van der Waals surface area contributed by atoms with Gasteiger partial charge in [-0.25, -0.2) is 0 Å². The molecule has 8 amide bonds. The first-order valence-corrected chi connectivity index (χ1v) is 46.9. The average molecular weight is 1910 g/mol. The van der Waals surface area contributed by atoms with Crippen LogP contribution < -0.4 is 43.0 Å². The molecule has 0 saturated carbocycles. The minimum atomic E-state index is -1.99. The van der Waals surface area contributed by atoms with Gasteiger partial charge in [0.1, 0.15) is 29.1 Å². The Morgan fingerprint density at radius 3 is 1.47 bits per heavy atom. The molecule has 0 unspecified atom stereocenters. The lowest BCUT2D eigenvalue weighted by Gasteiger charge is -2.28. The molecule has 0 fully saturated rings. The second-order valence-corrected chi connectivity index (χ2v) is 36.4. The first-order valence-electron chi connectivity index (χ1n) is 45.7. The standard InChI is InChI=1S/C97H133N9O28S/c1-8-56(4)89(85(120)44-65(38-61-23-28-69(111)29-24-61)92(129)101-77(37-55(2)3)81(116)42-66(46-87(123)124)91(128)100-57(5)17-14-15-34-98)105-94(131)68(51-107)45-82(117)78(40-62-25-30-70(112)31-26-62)102-93(130)67(47-88(125)126)43-83(118)80(52-108)104-96(133)76(59(7)110)49-84(119)79(39-60-18-10-9-11-19-60)103-95(132)75(58(6)109)48-72(114)50-99-90(127)64(27-32-86(121)122)41-73(115)54-135-53-71(113)21-16-35-106-36-33-63-20-12-13-22-74(63)97(106)134/h9-13,18-20,22-26,28-31,55-59,64-68,75-80,89,107-112H,8,14-17,21,27,32-54,98H2,1-7H3,(H,99,127)(H,100,128)(H,101,129)(H,102,130)(H,103,132)(H,104,133)(H,105,131)(H,121,122)(H,123,124)(H,125,126)/t56-,57+,58+,59+,64+,65+,66-,67-,68-,75-,76-,77-,78-,79-,80-,89-/m0/s1. The Kier molecular flexibility index (Phi) is 49.2. The summed E-state index contributed by atoms with van der Waals surface area (Å²) in [5, 5.41) is 111. The predicted molar refractivity (Wildman–Crippen MR) is 494 cm³/mol. The normalized spacial score (nSPS) is 15.4. The molecule has 4 aromatic rings. The number of fused-ring (bicyclic) bond motifs is 1. The highest BCUT2D eigenvalue weighted by molar-refractivity contribution is 8.00. The topological polar surface area (TPSA) is 620 Å². The third kappa shape index (κ3) is 40.3. The van der Waals surface area contributed by atoms with Crippen LogP contribution in [0.5, 0.6) is 11.5 Å². The van der Waals surface area contributed by atoms with Gasteiger partial charge < -0.3 is 93.8 Å². The Morgan fingerprint density at radius 2 is 0.919 bits per heavy atom. The Hall–Kier alpha value is -11.8. The zero-order valence-corrected chi connectivity index (χ0v) is 78.4. The second-order valence-electron chi connectivity index (χ2n) is 35.4. The lowest BCUT2D eigenvalue weighted by atomic mass is 9.85. The first kappa shape index (κ1) is 114. The largest absolute Gasteiger partial charge is 0.508 e. The van der Waals surface area contributed by atoms with E-state index in [-0.39, 0.29) is 90.7 Å². The van der Waals surface area contributed by atoms with Crippen LogP contribution in [0, 0.1) is 53.3 Å². The molecule has 4 aromatic carbocycles. The number of ketones is 8. The Balaban J connectivity index is 1.28. The number of aliphatic hydroxyl groups is 4. The summed E-state index contributed by atoms with van der Waals surface area (Å²) in [4.78, 5) is 263. The zero-order valence-electron chi connectivity index (χ0n) is 77.6. The quantitative estimate of drug-likeness (QED) is 0.0280. The van der Waals surface area contributed by atoms with Crippen molar-refractivity contribution in [3.8, 4) is 11.5 Å². The van der Waals surface area contributed by atoms with Crippen molar-refractivity contribution in [2.45, 2.75) is 238 Å². The lowest BCUT2D eigenvalue weighted by molar-refractivity contribution is -0.143. The molecule has 5 rings (SSSR count). The van der Waals surface area contributed by atoms with Gasteiger partial charge in [0, 0.05) is 94.3 Å². The van der Waals surface area contributed by atoms with Crippen LogP contribution >= 0.6 is 11.8 Å². The molecule has 0 aromatic heterocycles. The Bertz CT molecular complexity index is 4700. The smallest absolute Gasteiger partial charge is 0.304 e. The number of carboxylic acid groups (broad SMARTS) is 3. The molecule has 38 heteroatoms. The van der Waals surface area contributed by atoms with Crippen LogP contribution in [0.4, 0.5) is 0 Å². The molecule has 0 bridgehead atoms. The molecule has 1 heterocycles. The molecule has 1 aliphatic heterocycles. The maximum absolute atomic E-state index is 14.9. The number of carboxylic acids is 3. The van der Waals surface area contributed by atoms with Crippen molar-refractivity contribution in [2.24, 2.45) is 59.0 Å². The molecule has 0 spiro atoms. The van der Waals surface area contributed by atoms with E-state index < -0.39 is 280 Å². The number of amides is 8. The fourth-order valence-corrected chi connectivity index (χ4v) is 16.5. The van der Waals surface area contributed by atoms with Crippen molar-refractivity contribution < 1.29 is 137 Å². The number of hydrogen-bond acceptors (Lipinski definition) is 27. The van der Waals surface area contributed by atoms with Crippen molar-refractivity contribution in [3.05, 3.63) is 131 Å². The SMILES string of the molecule is CC[C@H](C)[C@H](NC(=O)[C@H](CO)CC(=O)[C@H](Cc1ccc(O)cc1)NC(=O)[C@H](CC(=O)O)CC(=O)[C@H](CO)NC(=O)[C@@H](CC(=O)[C@H](Cc1ccccc1)NC(=O)[C@@H](CC(=O)CNC(=O)[C@H](CCC(=O)O)CC(=O)CSCC(=O)CCCN1CCc2ccccc2C1=O)[C@@H](C)O)[C@@H](C)O)C(=O)C[C@@H](Cc1ccc(O)cc1)C(=O)N[C@@H](CC(C)C)C(=O)C[C@@H](CC(=O)O)C(=O)N[C@H](C)CCCCN. The van der Waals surface area contributed by atoms with E-state index in [9.17, 15) is 137 Å². The molecule has 0 saturated heterocycles. The van der Waals surface area contributed by atoms with Gasteiger partial charge in [0.05, 0.1) is 110 Å². The van der Waals surface area contributed by atoms with E-state index in [0.29, 0.717) is 68.4 Å². The van der Waals surface area contributed by atoms with Crippen molar-refractivity contribution in [2.75, 3.05) is 50.9 Å². The number of nitrogens with one attached hydrogen (secondary N) is 7. The van der Waals surface area contributed by atoms with Crippen molar-refractivity contribution in [3.63, 3.8) is 0 Å². The lowest BCUT2D eigenvalue weighted by Crippen LogP contribution is -2.52. The molecule has 0 radical (unpaired) electrons. The molecule has 135 heavy (non-hydrogen) atoms.